The van der Waals surface area contributed by atoms with E-state index >= 15 is 0 Å². The van der Waals surface area contributed by atoms with Gasteiger partial charge in [0.05, 0.1) is 6.54 Å². The van der Waals surface area contributed by atoms with E-state index in [1.807, 2.05) is 0 Å². The molecule has 0 aliphatic carbocycles. The average Bonchev–Trinajstić information content (AvgIpc) is 2.82. The van der Waals surface area contributed by atoms with Crippen molar-refractivity contribution in [2.75, 3.05) is 31.6 Å². The van der Waals surface area contributed by atoms with E-state index < -0.39 is 36.5 Å². The SMILES string of the molecule is CCOC(Cc1ccc(OCCN(CCCCCC(F)(F)F)C(=O)Nc2cccc(F)c2)cc1)C(=O)O. The molecule has 0 bridgehead atoms. The van der Waals surface area contributed by atoms with Crippen LogP contribution in [0.25, 0.3) is 0 Å². The Balaban J connectivity index is 1.91. The first-order chi connectivity index (χ1) is 17.6. The highest BCUT2D eigenvalue weighted by Crippen LogP contribution is 2.23. The van der Waals surface area contributed by atoms with Gasteiger partial charge in [0.2, 0.25) is 0 Å². The van der Waals surface area contributed by atoms with E-state index in [0.717, 1.165) is 11.6 Å². The molecule has 2 aromatic rings. The number of carbonyl (C=O) groups is 2. The molecule has 2 amide bonds. The topological polar surface area (TPSA) is 88.1 Å². The molecule has 1 atom stereocenters. The third kappa shape index (κ3) is 12.0. The number of rotatable bonds is 15. The van der Waals surface area contributed by atoms with Crippen LogP contribution < -0.4 is 10.1 Å². The minimum absolute atomic E-state index is 0.0300. The minimum Gasteiger partial charge on any atom is -0.492 e. The lowest BCUT2D eigenvalue weighted by Gasteiger charge is -2.23. The molecule has 0 spiro atoms. The molecule has 0 saturated heterocycles. The first kappa shape index (κ1) is 29.9. The predicted octanol–water partition coefficient (Wildman–Crippen LogP) is 5.89. The fraction of sp³-hybridized carbons (Fsp3) is 0.462. The summed E-state index contributed by atoms with van der Waals surface area (Å²) in [4.78, 5) is 25.4. The molecule has 0 aliphatic rings. The average molecular weight is 529 g/mol. The van der Waals surface area contributed by atoms with Gasteiger partial charge in [-0.15, -0.1) is 0 Å². The monoisotopic (exact) mass is 528 g/mol. The van der Waals surface area contributed by atoms with Gasteiger partial charge in [0, 0.05) is 31.7 Å². The first-order valence-electron chi connectivity index (χ1n) is 12.0. The van der Waals surface area contributed by atoms with Crippen molar-refractivity contribution in [3.05, 3.63) is 59.9 Å². The quantitative estimate of drug-likeness (QED) is 0.222. The van der Waals surface area contributed by atoms with E-state index in [0.29, 0.717) is 18.6 Å². The van der Waals surface area contributed by atoms with Crippen molar-refractivity contribution in [1.82, 2.24) is 4.90 Å². The predicted molar refractivity (Wildman–Crippen MR) is 130 cm³/mol. The molecule has 0 radical (unpaired) electrons. The number of hydrogen-bond donors (Lipinski definition) is 2. The number of nitrogens with one attached hydrogen (secondary N) is 1. The van der Waals surface area contributed by atoms with E-state index in [1.165, 1.54) is 23.1 Å². The van der Waals surface area contributed by atoms with E-state index in [9.17, 15) is 32.3 Å². The second-order valence-electron chi connectivity index (χ2n) is 8.33. The van der Waals surface area contributed by atoms with Gasteiger partial charge in [-0.25, -0.2) is 14.0 Å². The second kappa shape index (κ2) is 15.0. The summed E-state index contributed by atoms with van der Waals surface area (Å²) in [7, 11) is 0. The second-order valence-corrected chi connectivity index (χ2v) is 8.33. The Bertz CT molecular complexity index is 986. The highest BCUT2D eigenvalue weighted by Gasteiger charge is 2.26. The van der Waals surface area contributed by atoms with Gasteiger partial charge in [-0.1, -0.05) is 24.6 Å². The summed E-state index contributed by atoms with van der Waals surface area (Å²) in [5, 5.41) is 11.8. The molecular formula is C26H32F4N2O5. The molecule has 1 unspecified atom stereocenters. The van der Waals surface area contributed by atoms with Crippen molar-refractivity contribution in [2.24, 2.45) is 0 Å². The number of carbonyl (C=O) groups excluding carboxylic acids is 1. The first-order valence-corrected chi connectivity index (χ1v) is 12.0. The molecule has 0 saturated carbocycles. The molecule has 0 aliphatic heterocycles. The van der Waals surface area contributed by atoms with Crippen LogP contribution >= 0.6 is 0 Å². The summed E-state index contributed by atoms with van der Waals surface area (Å²) in [6.07, 6.45) is -5.20. The maximum atomic E-state index is 13.5. The third-order valence-corrected chi connectivity index (χ3v) is 5.37. The maximum absolute atomic E-state index is 13.5. The number of carboxylic acids is 1. The van der Waals surface area contributed by atoms with E-state index in [2.05, 4.69) is 5.32 Å². The maximum Gasteiger partial charge on any atom is 0.389 e. The number of anilines is 1. The van der Waals surface area contributed by atoms with E-state index in [-0.39, 0.29) is 44.8 Å². The third-order valence-electron chi connectivity index (χ3n) is 5.37. The lowest BCUT2D eigenvalue weighted by atomic mass is 10.1. The van der Waals surface area contributed by atoms with Crippen molar-refractivity contribution < 1.29 is 41.7 Å². The van der Waals surface area contributed by atoms with Crippen molar-refractivity contribution in [2.45, 2.75) is 51.3 Å². The molecule has 37 heavy (non-hydrogen) atoms. The summed E-state index contributed by atoms with van der Waals surface area (Å²) in [5.41, 5.74) is 1.01. The summed E-state index contributed by atoms with van der Waals surface area (Å²) in [5.74, 6) is -1.06. The molecule has 2 N–H and O–H groups in total. The van der Waals surface area contributed by atoms with Crippen molar-refractivity contribution in [1.29, 1.82) is 0 Å². The van der Waals surface area contributed by atoms with Crippen LogP contribution in [0.3, 0.4) is 0 Å². The normalized spacial score (nSPS) is 12.1. The smallest absolute Gasteiger partial charge is 0.389 e. The number of carboxylic acid groups (broad SMARTS) is 1. The Labute approximate surface area is 213 Å². The largest absolute Gasteiger partial charge is 0.492 e. The number of alkyl halides is 3. The van der Waals surface area contributed by atoms with Gasteiger partial charge in [-0.05, 0) is 55.7 Å². The zero-order valence-electron chi connectivity index (χ0n) is 20.6. The highest BCUT2D eigenvalue weighted by molar-refractivity contribution is 5.89. The van der Waals surface area contributed by atoms with Crippen molar-refractivity contribution in [3.8, 4) is 5.75 Å². The fourth-order valence-corrected chi connectivity index (χ4v) is 3.52. The molecule has 11 heteroatoms. The summed E-state index contributed by atoms with van der Waals surface area (Å²) in [6.45, 7) is 2.46. The zero-order valence-corrected chi connectivity index (χ0v) is 20.6. The van der Waals surface area contributed by atoms with Gasteiger partial charge >= 0.3 is 18.2 Å². The Hall–Kier alpha value is -3.34. The van der Waals surface area contributed by atoms with Crippen LogP contribution in [0.1, 0.15) is 38.2 Å². The van der Waals surface area contributed by atoms with E-state index in [1.54, 1.807) is 31.2 Å². The van der Waals surface area contributed by atoms with Gasteiger partial charge in [-0.3, -0.25) is 0 Å². The van der Waals surface area contributed by atoms with Gasteiger partial charge in [0.25, 0.3) is 0 Å². The van der Waals surface area contributed by atoms with Crippen LogP contribution in [0.4, 0.5) is 28.0 Å². The Morgan fingerprint density at radius 1 is 1.05 bits per heavy atom. The van der Waals surface area contributed by atoms with Gasteiger partial charge in [0.15, 0.2) is 6.10 Å². The summed E-state index contributed by atoms with van der Waals surface area (Å²) < 4.78 is 61.5. The number of aliphatic carboxylic acids is 1. The van der Waals surface area contributed by atoms with Crippen LogP contribution in [0.5, 0.6) is 5.75 Å². The minimum atomic E-state index is -4.21. The number of halogens is 4. The number of nitrogens with zero attached hydrogens (tertiary/aromatic N) is 1. The van der Waals surface area contributed by atoms with Crippen LogP contribution in [-0.4, -0.2) is 60.6 Å². The number of amides is 2. The standard InChI is InChI=1S/C26H32F4N2O5/c1-2-36-23(24(33)34)17-19-9-11-22(12-10-19)37-16-15-32(14-5-3-4-13-26(28,29)30)25(35)31-21-8-6-7-20(27)18-21/h6-12,18,23H,2-5,13-17H2,1H3,(H,31,35)(H,33,34). The molecule has 2 aromatic carbocycles. The van der Waals surface area contributed by atoms with Crippen LogP contribution in [0, 0.1) is 5.82 Å². The molecule has 2 rings (SSSR count). The fourth-order valence-electron chi connectivity index (χ4n) is 3.52. The Morgan fingerprint density at radius 3 is 2.41 bits per heavy atom. The lowest BCUT2D eigenvalue weighted by molar-refractivity contribution is -0.150. The molecule has 204 valence electrons. The summed E-state index contributed by atoms with van der Waals surface area (Å²) in [6, 6.07) is 11.7. The van der Waals surface area contributed by atoms with E-state index in [4.69, 9.17) is 9.47 Å². The lowest BCUT2D eigenvalue weighted by Crippen LogP contribution is -2.38. The number of unbranched alkanes of at least 4 members (excludes halogenated alkanes) is 2. The van der Waals surface area contributed by atoms with Crippen molar-refractivity contribution in [3.63, 3.8) is 0 Å². The summed E-state index contributed by atoms with van der Waals surface area (Å²) >= 11 is 0. The number of hydrogen-bond acceptors (Lipinski definition) is 4. The molecule has 7 nitrogen and oxygen atoms in total. The highest BCUT2D eigenvalue weighted by atomic mass is 19.4. The van der Waals surface area contributed by atoms with Gasteiger partial charge in [-0.2, -0.15) is 13.2 Å². The van der Waals surface area contributed by atoms with Crippen LogP contribution in [0.15, 0.2) is 48.5 Å². The van der Waals surface area contributed by atoms with Crippen molar-refractivity contribution >= 4 is 17.7 Å². The van der Waals surface area contributed by atoms with Crippen LogP contribution in [0.2, 0.25) is 0 Å². The van der Waals surface area contributed by atoms with Crippen LogP contribution in [-0.2, 0) is 16.0 Å². The number of urea groups is 1. The van der Waals surface area contributed by atoms with Gasteiger partial charge < -0.3 is 24.8 Å². The number of benzene rings is 2. The number of ether oxygens (including phenoxy) is 2. The molecule has 0 heterocycles. The zero-order chi connectivity index (χ0) is 27.3. The molecular weight excluding hydrogens is 496 g/mol. The Kier molecular flexibility index (Phi) is 12.1. The van der Waals surface area contributed by atoms with Gasteiger partial charge in [0.1, 0.15) is 18.2 Å². The Morgan fingerprint density at radius 2 is 1.78 bits per heavy atom. The molecule has 0 aromatic heterocycles. The molecule has 0 fully saturated rings.